The minimum absolute atomic E-state index is 0.0260. The smallest absolute Gasteiger partial charge is 0.374 e. The fourth-order valence-electron chi connectivity index (χ4n) is 2.40. The summed E-state index contributed by atoms with van der Waals surface area (Å²) in [6.45, 7) is 5.06. The first-order valence-corrected chi connectivity index (χ1v) is 7.58. The Hall–Kier alpha value is -3.03. The first-order chi connectivity index (χ1) is 11.9. The lowest BCUT2D eigenvalue weighted by Crippen LogP contribution is -2.10. The number of aromatic nitrogens is 1. The number of furan rings is 1. The highest BCUT2D eigenvalue weighted by atomic mass is 16.5. The summed E-state index contributed by atoms with van der Waals surface area (Å²) in [5.74, 6) is -1.85. The second kappa shape index (κ2) is 7.69. The average molecular weight is 349 g/mol. The number of hydrogen-bond donors (Lipinski definition) is 1. The Morgan fingerprint density at radius 2 is 1.84 bits per heavy atom. The van der Waals surface area contributed by atoms with Crippen LogP contribution >= 0.6 is 0 Å². The standard InChI is InChI=1S/C17H19NO7/c1-5-23-15(19)12-9(2)13(18-10(12)3)16(20)25-8-11-6-7-24-14(11)17(21)22-4/h6-7,18H,5,8H2,1-4H3. The number of carbonyl (C=O) groups is 3. The highest BCUT2D eigenvalue weighted by Crippen LogP contribution is 2.21. The molecule has 25 heavy (non-hydrogen) atoms. The molecule has 0 radical (unpaired) electrons. The van der Waals surface area contributed by atoms with Crippen molar-refractivity contribution in [2.45, 2.75) is 27.4 Å². The molecule has 2 aromatic rings. The van der Waals surface area contributed by atoms with E-state index in [2.05, 4.69) is 9.72 Å². The molecule has 8 nitrogen and oxygen atoms in total. The molecule has 0 spiro atoms. The van der Waals surface area contributed by atoms with Crippen LogP contribution in [0.3, 0.4) is 0 Å². The third-order valence-electron chi connectivity index (χ3n) is 3.60. The molecule has 0 unspecified atom stereocenters. The molecule has 0 saturated carbocycles. The molecular formula is C17H19NO7. The molecule has 1 N–H and O–H groups in total. The molecule has 2 heterocycles. The zero-order chi connectivity index (χ0) is 18.6. The van der Waals surface area contributed by atoms with E-state index in [1.165, 1.54) is 19.4 Å². The van der Waals surface area contributed by atoms with Gasteiger partial charge >= 0.3 is 17.9 Å². The second-order valence-corrected chi connectivity index (χ2v) is 5.19. The number of rotatable bonds is 6. The molecule has 8 heteroatoms. The van der Waals surface area contributed by atoms with Crippen molar-refractivity contribution in [1.29, 1.82) is 0 Å². The zero-order valence-electron chi connectivity index (χ0n) is 14.4. The van der Waals surface area contributed by atoms with Gasteiger partial charge in [-0.05, 0) is 32.4 Å². The average Bonchev–Trinajstić information content (AvgIpc) is 3.16. The van der Waals surface area contributed by atoms with Gasteiger partial charge in [-0.2, -0.15) is 0 Å². The van der Waals surface area contributed by atoms with E-state index in [9.17, 15) is 14.4 Å². The van der Waals surface area contributed by atoms with Gasteiger partial charge < -0.3 is 23.6 Å². The molecule has 2 rings (SSSR count). The van der Waals surface area contributed by atoms with Crippen LogP contribution in [0.15, 0.2) is 16.7 Å². The molecule has 0 aromatic carbocycles. The Labute approximate surface area is 144 Å². The van der Waals surface area contributed by atoms with Crippen LogP contribution in [0.5, 0.6) is 0 Å². The lowest BCUT2D eigenvalue weighted by atomic mass is 10.1. The van der Waals surface area contributed by atoms with Crippen molar-refractivity contribution in [3.8, 4) is 0 Å². The van der Waals surface area contributed by atoms with Crippen LogP contribution in [0.1, 0.15) is 55.1 Å². The van der Waals surface area contributed by atoms with E-state index in [-0.39, 0.29) is 24.7 Å². The van der Waals surface area contributed by atoms with Gasteiger partial charge in [0.1, 0.15) is 12.3 Å². The summed E-state index contributed by atoms with van der Waals surface area (Å²) in [6, 6.07) is 1.51. The van der Waals surface area contributed by atoms with Gasteiger partial charge in [-0.3, -0.25) is 0 Å². The van der Waals surface area contributed by atoms with Crippen LogP contribution in [0.25, 0.3) is 0 Å². The first kappa shape index (κ1) is 18.3. The van der Waals surface area contributed by atoms with Crippen molar-refractivity contribution in [2.75, 3.05) is 13.7 Å². The van der Waals surface area contributed by atoms with E-state index in [0.717, 1.165) is 0 Å². The van der Waals surface area contributed by atoms with Crippen molar-refractivity contribution in [1.82, 2.24) is 4.98 Å². The number of carbonyl (C=O) groups excluding carboxylic acids is 3. The molecule has 0 fully saturated rings. The summed E-state index contributed by atoms with van der Waals surface area (Å²) in [7, 11) is 1.22. The Balaban J connectivity index is 2.15. The second-order valence-electron chi connectivity index (χ2n) is 5.19. The molecule has 0 amide bonds. The number of methoxy groups -OCH3 is 1. The normalized spacial score (nSPS) is 10.4. The van der Waals surface area contributed by atoms with E-state index in [1.54, 1.807) is 20.8 Å². The molecule has 0 aliphatic heterocycles. The molecule has 2 aromatic heterocycles. The zero-order valence-corrected chi connectivity index (χ0v) is 14.4. The van der Waals surface area contributed by atoms with Gasteiger partial charge in [-0.25, -0.2) is 14.4 Å². The van der Waals surface area contributed by atoms with Gasteiger partial charge in [-0.15, -0.1) is 0 Å². The fraction of sp³-hybridized carbons (Fsp3) is 0.353. The van der Waals surface area contributed by atoms with Crippen molar-refractivity contribution >= 4 is 17.9 Å². The number of nitrogens with one attached hydrogen (secondary N) is 1. The fourth-order valence-corrected chi connectivity index (χ4v) is 2.40. The Bertz CT molecular complexity index is 800. The van der Waals surface area contributed by atoms with Gasteiger partial charge in [0, 0.05) is 11.3 Å². The molecule has 0 bridgehead atoms. The number of H-pyrrole nitrogens is 1. The third-order valence-corrected chi connectivity index (χ3v) is 3.60. The summed E-state index contributed by atoms with van der Waals surface area (Å²) in [5, 5.41) is 0. The van der Waals surface area contributed by atoms with Crippen molar-refractivity contribution in [3.05, 3.63) is 46.2 Å². The van der Waals surface area contributed by atoms with Crippen molar-refractivity contribution in [3.63, 3.8) is 0 Å². The minimum Gasteiger partial charge on any atom is -0.463 e. The molecule has 0 aliphatic carbocycles. The SMILES string of the molecule is CCOC(=O)c1c(C)[nH]c(C(=O)OCc2ccoc2C(=O)OC)c1C. The number of ether oxygens (including phenoxy) is 3. The first-order valence-electron chi connectivity index (χ1n) is 7.58. The maximum absolute atomic E-state index is 12.3. The number of hydrogen-bond acceptors (Lipinski definition) is 7. The molecule has 0 aliphatic rings. The topological polar surface area (TPSA) is 108 Å². The summed E-state index contributed by atoms with van der Waals surface area (Å²) in [5.41, 5.74) is 1.81. The van der Waals surface area contributed by atoms with Crippen LogP contribution in [-0.4, -0.2) is 36.6 Å². The highest BCUT2D eigenvalue weighted by Gasteiger charge is 2.24. The van der Waals surface area contributed by atoms with Crippen LogP contribution in [0.4, 0.5) is 0 Å². The van der Waals surface area contributed by atoms with Gasteiger partial charge in [0.2, 0.25) is 5.76 Å². The van der Waals surface area contributed by atoms with E-state index >= 15 is 0 Å². The highest BCUT2D eigenvalue weighted by molar-refractivity contribution is 5.98. The molecule has 0 atom stereocenters. The maximum atomic E-state index is 12.3. The quantitative estimate of drug-likeness (QED) is 0.630. The van der Waals surface area contributed by atoms with Crippen molar-refractivity contribution < 1.29 is 33.0 Å². The van der Waals surface area contributed by atoms with Gasteiger partial charge in [0.15, 0.2) is 0 Å². The van der Waals surface area contributed by atoms with Crippen LogP contribution in [0, 0.1) is 13.8 Å². The van der Waals surface area contributed by atoms with Crippen molar-refractivity contribution in [2.24, 2.45) is 0 Å². The summed E-state index contributed by atoms with van der Waals surface area (Å²) < 4.78 is 19.8. The van der Waals surface area contributed by atoms with Crippen LogP contribution in [0.2, 0.25) is 0 Å². The Morgan fingerprint density at radius 1 is 1.12 bits per heavy atom. The van der Waals surface area contributed by atoms with E-state index in [0.29, 0.717) is 22.4 Å². The molecule has 0 saturated heterocycles. The van der Waals surface area contributed by atoms with Crippen LogP contribution < -0.4 is 0 Å². The number of aryl methyl sites for hydroxylation is 1. The number of aromatic amines is 1. The predicted molar refractivity (Wildman–Crippen MR) is 85.4 cm³/mol. The van der Waals surface area contributed by atoms with Crippen LogP contribution in [-0.2, 0) is 20.8 Å². The van der Waals surface area contributed by atoms with E-state index in [4.69, 9.17) is 13.9 Å². The van der Waals surface area contributed by atoms with Gasteiger partial charge in [-0.1, -0.05) is 0 Å². The summed E-state index contributed by atoms with van der Waals surface area (Å²) in [4.78, 5) is 38.6. The molecule has 134 valence electrons. The van der Waals surface area contributed by atoms with E-state index in [1.807, 2.05) is 0 Å². The third kappa shape index (κ3) is 3.73. The maximum Gasteiger partial charge on any atom is 0.374 e. The lowest BCUT2D eigenvalue weighted by molar-refractivity contribution is 0.0447. The largest absolute Gasteiger partial charge is 0.463 e. The summed E-state index contributed by atoms with van der Waals surface area (Å²) in [6.07, 6.45) is 1.30. The number of esters is 3. The predicted octanol–water partition coefficient (Wildman–Crippen LogP) is 2.54. The monoisotopic (exact) mass is 349 g/mol. The lowest BCUT2D eigenvalue weighted by Gasteiger charge is -2.05. The Kier molecular flexibility index (Phi) is 5.63. The van der Waals surface area contributed by atoms with E-state index < -0.39 is 17.9 Å². The molecular weight excluding hydrogens is 330 g/mol. The van der Waals surface area contributed by atoms with Gasteiger partial charge in [0.25, 0.3) is 0 Å². The van der Waals surface area contributed by atoms with Gasteiger partial charge in [0.05, 0.1) is 25.5 Å². The Morgan fingerprint density at radius 3 is 2.48 bits per heavy atom. The summed E-state index contributed by atoms with van der Waals surface area (Å²) >= 11 is 0. The minimum atomic E-state index is -0.660.